The Morgan fingerprint density at radius 3 is 2.85 bits per heavy atom. The SMILES string of the molecule is CCS(=O)(=O)N1C[C@H](C(=O)NCCSCc2ccco2)Oc2ccccc21. The number of sulfonamides is 1. The smallest absolute Gasteiger partial charge is 0.263 e. The van der Waals surface area contributed by atoms with Gasteiger partial charge in [-0.05, 0) is 31.2 Å². The molecule has 1 aliphatic heterocycles. The van der Waals surface area contributed by atoms with E-state index in [0.717, 1.165) is 11.5 Å². The van der Waals surface area contributed by atoms with Gasteiger partial charge >= 0.3 is 0 Å². The summed E-state index contributed by atoms with van der Waals surface area (Å²) in [4.78, 5) is 12.5. The summed E-state index contributed by atoms with van der Waals surface area (Å²) in [5.41, 5.74) is 0.470. The van der Waals surface area contributed by atoms with Crippen molar-refractivity contribution in [3.63, 3.8) is 0 Å². The maximum Gasteiger partial charge on any atom is 0.263 e. The van der Waals surface area contributed by atoms with E-state index in [1.165, 1.54) is 4.31 Å². The standard InChI is InChI=1S/C18H22N2O5S2/c1-2-27(22,23)20-12-17(25-16-8-4-3-7-15(16)20)18(21)19-9-11-26-13-14-6-5-10-24-14/h3-8,10,17H,2,9,11-13H2,1H3,(H,19,21)/t17-/m1/s1. The van der Waals surface area contributed by atoms with Gasteiger partial charge in [-0.2, -0.15) is 11.8 Å². The number of furan rings is 1. The van der Waals surface area contributed by atoms with Gasteiger partial charge in [-0.25, -0.2) is 8.42 Å². The second-order valence-electron chi connectivity index (χ2n) is 5.93. The van der Waals surface area contributed by atoms with Crippen LogP contribution in [0.25, 0.3) is 0 Å². The molecule has 0 spiro atoms. The number of fused-ring (bicyclic) bond motifs is 1. The molecule has 7 nitrogen and oxygen atoms in total. The van der Waals surface area contributed by atoms with Crippen molar-refractivity contribution in [2.45, 2.75) is 18.8 Å². The number of ether oxygens (including phenoxy) is 1. The van der Waals surface area contributed by atoms with Crippen molar-refractivity contribution in [3.8, 4) is 5.75 Å². The van der Waals surface area contributed by atoms with E-state index in [1.54, 1.807) is 49.2 Å². The molecule has 2 aromatic rings. The van der Waals surface area contributed by atoms with Crippen molar-refractivity contribution in [2.75, 3.05) is 28.9 Å². The molecule has 0 aliphatic carbocycles. The van der Waals surface area contributed by atoms with Crippen LogP contribution < -0.4 is 14.4 Å². The number of anilines is 1. The third kappa shape index (κ3) is 4.78. The zero-order valence-electron chi connectivity index (χ0n) is 15.0. The van der Waals surface area contributed by atoms with Gasteiger partial charge in [-0.3, -0.25) is 9.10 Å². The zero-order chi connectivity index (χ0) is 19.3. The molecule has 1 aromatic heterocycles. The number of thioether (sulfide) groups is 1. The van der Waals surface area contributed by atoms with Gasteiger partial charge in [0.05, 0.1) is 30.0 Å². The number of amides is 1. The first-order valence-electron chi connectivity index (χ1n) is 8.65. The number of hydrogen-bond acceptors (Lipinski definition) is 6. The van der Waals surface area contributed by atoms with Crippen molar-refractivity contribution in [1.29, 1.82) is 0 Å². The first kappa shape index (κ1) is 19.6. The lowest BCUT2D eigenvalue weighted by Crippen LogP contribution is -2.51. The number of rotatable bonds is 8. The largest absolute Gasteiger partial charge is 0.476 e. The van der Waals surface area contributed by atoms with Crippen LogP contribution in [0.2, 0.25) is 0 Å². The van der Waals surface area contributed by atoms with E-state index < -0.39 is 16.1 Å². The average Bonchev–Trinajstić information content (AvgIpc) is 3.20. The third-order valence-electron chi connectivity index (χ3n) is 4.10. The molecule has 2 heterocycles. The highest BCUT2D eigenvalue weighted by Crippen LogP contribution is 2.35. The first-order chi connectivity index (χ1) is 13.0. The normalized spacial score (nSPS) is 16.5. The summed E-state index contributed by atoms with van der Waals surface area (Å²) in [6.07, 6.45) is 0.753. The van der Waals surface area contributed by atoms with Crippen molar-refractivity contribution in [2.24, 2.45) is 0 Å². The van der Waals surface area contributed by atoms with E-state index in [-0.39, 0.29) is 18.2 Å². The summed E-state index contributed by atoms with van der Waals surface area (Å²) in [5, 5.41) is 2.82. The van der Waals surface area contributed by atoms with Gasteiger partial charge in [-0.1, -0.05) is 12.1 Å². The number of nitrogens with one attached hydrogen (secondary N) is 1. The van der Waals surface area contributed by atoms with Crippen molar-refractivity contribution in [3.05, 3.63) is 48.4 Å². The quantitative estimate of drug-likeness (QED) is 0.672. The van der Waals surface area contributed by atoms with Gasteiger partial charge in [0.15, 0.2) is 6.10 Å². The Morgan fingerprint density at radius 1 is 1.30 bits per heavy atom. The van der Waals surface area contributed by atoms with E-state index in [4.69, 9.17) is 9.15 Å². The molecule has 0 unspecified atom stereocenters. The summed E-state index contributed by atoms with van der Waals surface area (Å²) in [6.45, 7) is 2.02. The maximum atomic E-state index is 12.5. The molecule has 27 heavy (non-hydrogen) atoms. The van der Waals surface area contributed by atoms with Gasteiger partial charge in [0.1, 0.15) is 11.5 Å². The minimum Gasteiger partial charge on any atom is -0.476 e. The fraction of sp³-hybridized carbons (Fsp3) is 0.389. The van der Waals surface area contributed by atoms with Crippen LogP contribution in [0.3, 0.4) is 0 Å². The molecule has 1 aromatic carbocycles. The van der Waals surface area contributed by atoms with Gasteiger partial charge in [0, 0.05) is 12.3 Å². The molecule has 0 saturated heterocycles. The molecule has 1 aliphatic rings. The Bertz CT molecular complexity index is 868. The Kier molecular flexibility index (Phi) is 6.33. The van der Waals surface area contributed by atoms with Crippen molar-refractivity contribution >= 4 is 33.4 Å². The van der Waals surface area contributed by atoms with E-state index in [1.807, 2.05) is 12.1 Å². The fourth-order valence-electron chi connectivity index (χ4n) is 2.69. The second kappa shape index (κ2) is 8.71. The van der Waals surface area contributed by atoms with Crippen LogP contribution in [0, 0.1) is 0 Å². The topological polar surface area (TPSA) is 88.9 Å². The number of carbonyl (C=O) groups excluding carboxylic acids is 1. The molecular weight excluding hydrogens is 388 g/mol. The molecule has 0 saturated carbocycles. The number of benzene rings is 1. The van der Waals surface area contributed by atoms with E-state index in [9.17, 15) is 13.2 Å². The molecule has 9 heteroatoms. The molecule has 1 amide bonds. The Balaban J connectivity index is 1.57. The highest BCUT2D eigenvalue weighted by atomic mass is 32.2. The van der Waals surface area contributed by atoms with Crippen LogP contribution in [0.5, 0.6) is 5.75 Å². The fourth-order valence-corrected chi connectivity index (χ4v) is 4.57. The van der Waals surface area contributed by atoms with Crippen molar-refractivity contribution < 1.29 is 22.4 Å². The molecule has 0 fully saturated rings. The number of carbonyl (C=O) groups is 1. The predicted octanol–water partition coefficient (Wildman–Crippen LogP) is 2.25. The summed E-state index contributed by atoms with van der Waals surface area (Å²) in [6, 6.07) is 10.6. The van der Waals surface area contributed by atoms with Crippen molar-refractivity contribution in [1.82, 2.24) is 5.32 Å². The predicted molar refractivity (Wildman–Crippen MR) is 106 cm³/mol. The van der Waals surface area contributed by atoms with Crippen LogP contribution in [0.4, 0.5) is 5.69 Å². The highest BCUT2D eigenvalue weighted by molar-refractivity contribution is 7.98. The van der Waals surface area contributed by atoms with Gasteiger partial charge in [-0.15, -0.1) is 0 Å². The summed E-state index contributed by atoms with van der Waals surface area (Å²) < 4.78 is 37.1. The Labute approximate surface area is 163 Å². The van der Waals surface area contributed by atoms with Crippen LogP contribution in [0.1, 0.15) is 12.7 Å². The van der Waals surface area contributed by atoms with Crippen LogP contribution in [-0.2, 0) is 20.6 Å². The lowest BCUT2D eigenvalue weighted by Gasteiger charge is -2.34. The van der Waals surface area contributed by atoms with E-state index in [0.29, 0.717) is 23.7 Å². The van der Waals surface area contributed by atoms with E-state index in [2.05, 4.69) is 5.32 Å². The maximum absolute atomic E-state index is 12.5. The van der Waals surface area contributed by atoms with Gasteiger partial charge < -0.3 is 14.5 Å². The summed E-state index contributed by atoms with van der Waals surface area (Å²) in [7, 11) is -3.50. The lowest BCUT2D eigenvalue weighted by atomic mass is 10.2. The molecular formula is C18H22N2O5S2. The zero-order valence-corrected chi connectivity index (χ0v) is 16.6. The minimum atomic E-state index is -3.50. The highest BCUT2D eigenvalue weighted by Gasteiger charge is 2.35. The molecule has 0 radical (unpaired) electrons. The molecule has 146 valence electrons. The molecule has 1 atom stereocenters. The van der Waals surface area contributed by atoms with Crippen LogP contribution in [-0.4, -0.2) is 45.0 Å². The summed E-state index contributed by atoms with van der Waals surface area (Å²) >= 11 is 1.64. The van der Waals surface area contributed by atoms with E-state index >= 15 is 0 Å². The monoisotopic (exact) mass is 410 g/mol. The number of hydrogen-bond donors (Lipinski definition) is 1. The molecule has 0 bridgehead atoms. The molecule has 1 N–H and O–H groups in total. The minimum absolute atomic E-state index is 0.0292. The second-order valence-corrected chi connectivity index (χ2v) is 9.22. The average molecular weight is 411 g/mol. The molecule has 3 rings (SSSR count). The van der Waals surface area contributed by atoms with Crippen LogP contribution >= 0.6 is 11.8 Å². The van der Waals surface area contributed by atoms with Gasteiger partial charge in [0.2, 0.25) is 10.0 Å². The number of nitrogens with zero attached hydrogens (tertiary/aromatic N) is 1. The lowest BCUT2D eigenvalue weighted by molar-refractivity contribution is -0.127. The van der Waals surface area contributed by atoms with Gasteiger partial charge in [0.25, 0.3) is 5.91 Å². The first-order valence-corrected chi connectivity index (χ1v) is 11.4. The summed E-state index contributed by atoms with van der Waals surface area (Å²) in [5.74, 6) is 2.37. The number of para-hydroxylation sites is 2. The Morgan fingerprint density at radius 2 is 2.11 bits per heavy atom. The van der Waals surface area contributed by atoms with Crippen LogP contribution in [0.15, 0.2) is 47.1 Å². The third-order valence-corrected chi connectivity index (χ3v) is 6.83. The Hall–Kier alpha value is -2.13.